The van der Waals surface area contributed by atoms with E-state index in [2.05, 4.69) is 25.4 Å². The van der Waals surface area contributed by atoms with Gasteiger partial charge in [-0.05, 0) is 50.2 Å². The Balaban J connectivity index is 1.46. The van der Waals surface area contributed by atoms with Crippen LogP contribution >= 0.6 is 11.8 Å². The van der Waals surface area contributed by atoms with Crippen LogP contribution in [0.3, 0.4) is 0 Å². The van der Waals surface area contributed by atoms with Crippen molar-refractivity contribution >= 4 is 11.8 Å². The van der Waals surface area contributed by atoms with Crippen molar-refractivity contribution in [3.8, 4) is 28.6 Å². The third-order valence-corrected chi connectivity index (χ3v) is 5.15. The summed E-state index contributed by atoms with van der Waals surface area (Å²) in [5.41, 5.74) is 3.03. The molecular formula is C20H19N5O2S. The zero-order valence-corrected chi connectivity index (χ0v) is 16.5. The SMILES string of the molecule is COc1ccc(-c2nc(S[C@@H](C)c3nnc(-c4ccc(C)cc4)o3)n[nH]2)cc1. The first-order valence-corrected chi connectivity index (χ1v) is 9.64. The number of rotatable bonds is 6. The molecule has 0 unspecified atom stereocenters. The predicted octanol–water partition coefficient (Wildman–Crippen LogP) is 4.69. The number of H-pyrrole nitrogens is 1. The second-order valence-electron chi connectivity index (χ2n) is 6.27. The highest BCUT2D eigenvalue weighted by molar-refractivity contribution is 7.99. The molecule has 7 nitrogen and oxygen atoms in total. The van der Waals surface area contributed by atoms with Crippen LogP contribution in [0, 0.1) is 6.92 Å². The lowest BCUT2D eigenvalue weighted by molar-refractivity contribution is 0.415. The summed E-state index contributed by atoms with van der Waals surface area (Å²) >= 11 is 1.46. The number of benzene rings is 2. The van der Waals surface area contributed by atoms with Gasteiger partial charge in [0.1, 0.15) is 5.75 Å². The van der Waals surface area contributed by atoms with Gasteiger partial charge in [-0.15, -0.1) is 15.3 Å². The molecule has 4 rings (SSSR count). The van der Waals surface area contributed by atoms with Crippen LogP contribution in [0.5, 0.6) is 5.75 Å². The van der Waals surface area contributed by atoms with E-state index in [1.54, 1.807) is 7.11 Å². The van der Waals surface area contributed by atoms with Crippen LogP contribution in [0.4, 0.5) is 0 Å². The molecule has 2 aromatic carbocycles. The van der Waals surface area contributed by atoms with Gasteiger partial charge in [-0.2, -0.15) is 0 Å². The quantitative estimate of drug-likeness (QED) is 0.475. The molecule has 2 aromatic heterocycles. The van der Waals surface area contributed by atoms with Gasteiger partial charge in [0.25, 0.3) is 0 Å². The predicted molar refractivity (Wildman–Crippen MR) is 107 cm³/mol. The Kier molecular flexibility index (Phi) is 5.12. The standard InChI is InChI=1S/C20H19N5O2S/c1-12-4-6-15(7-5-12)19-24-23-18(27-19)13(2)28-20-21-17(22-25-20)14-8-10-16(26-3)11-9-14/h4-11,13H,1-3H3,(H,21,22,25)/t13-/m0/s1. The van der Waals surface area contributed by atoms with Crippen LogP contribution in [0.1, 0.15) is 23.6 Å². The molecule has 1 N–H and O–H groups in total. The molecule has 0 amide bonds. The second-order valence-corrected chi connectivity index (χ2v) is 7.57. The summed E-state index contributed by atoms with van der Waals surface area (Å²) < 4.78 is 11.0. The van der Waals surface area contributed by atoms with Gasteiger partial charge in [-0.3, -0.25) is 5.10 Å². The molecule has 0 aliphatic heterocycles. The first kappa shape index (κ1) is 18.2. The number of aromatic amines is 1. The molecular weight excluding hydrogens is 374 g/mol. The Morgan fingerprint density at radius 2 is 1.71 bits per heavy atom. The maximum Gasteiger partial charge on any atom is 0.247 e. The fourth-order valence-corrected chi connectivity index (χ4v) is 3.35. The number of thioether (sulfide) groups is 1. The monoisotopic (exact) mass is 393 g/mol. The van der Waals surface area contributed by atoms with Crippen molar-refractivity contribution in [3.05, 3.63) is 60.0 Å². The molecule has 8 heteroatoms. The van der Waals surface area contributed by atoms with Crippen molar-refractivity contribution in [2.24, 2.45) is 0 Å². The molecule has 142 valence electrons. The summed E-state index contributed by atoms with van der Waals surface area (Å²) in [7, 11) is 1.64. The number of ether oxygens (including phenoxy) is 1. The normalized spacial score (nSPS) is 12.1. The summed E-state index contributed by atoms with van der Waals surface area (Å²) in [4.78, 5) is 4.54. The maximum atomic E-state index is 5.84. The Labute approximate surface area is 166 Å². The fraction of sp³-hybridized carbons (Fsp3) is 0.200. The lowest BCUT2D eigenvalue weighted by Gasteiger charge is -2.02. The Morgan fingerprint density at radius 1 is 1.00 bits per heavy atom. The summed E-state index contributed by atoms with van der Waals surface area (Å²) in [5, 5.41) is 16.1. The largest absolute Gasteiger partial charge is 0.497 e. The molecule has 0 aliphatic carbocycles. The van der Waals surface area contributed by atoms with Crippen LogP contribution in [0.2, 0.25) is 0 Å². The lowest BCUT2D eigenvalue weighted by atomic mass is 10.1. The Morgan fingerprint density at radius 3 is 2.43 bits per heavy atom. The maximum absolute atomic E-state index is 5.84. The van der Waals surface area contributed by atoms with Gasteiger partial charge < -0.3 is 9.15 Å². The zero-order chi connectivity index (χ0) is 19.5. The third kappa shape index (κ3) is 3.91. The van der Waals surface area contributed by atoms with E-state index in [4.69, 9.17) is 9.15 Å². The summed E-state index contributed by atoms with van der Waals surface area (Å²) in [6.45, 7) is 4.03. The number of aryl methyl sites for hydroxylation is 1. The van der Waals surface area contributed by atoms with Gasteiger partial charge in [0.2, 0.25) is 16.9 Å². The minimum atomic E-state index is -0.0776. The third-order valence-electron chi connectivity index (χ3n) is 4.20. The number of hydrogen-bond donors (Lipinski definition) is 1. The van der Waals surface area contributed by atoms with Crippen molar-refractivity contribution in [3.63, 3.8) is 0 Å². The first-order chi connectivity index (χ1) is 13.6. The molecule has 0 fully saturated rings. The molecule has 0 bridgehead atoms. The van der Waals surface area contributed by atoms with E-state index in [1.807, 2.05) is 62.4 Å². The molecule has 0 aliphatic rings. The average molecular weight is 393 g/mol. The highest BCUT2D eigenvalue weighted by Crippen LogP contribution is 2.34. The van der Waals surface area contributed by atoms with Gasteiger partial charge in [0.05, 0.1) is 12.4 Å². The minimum Gasteiger partial charge on any atom is -0.497 e. The van der Waals surface area contributed by atoms with Crippen molar-refractivity contribution in [1.82, 2.24) is 25.4 Å². The number of nitrogens with zero attached hydrogens (tertiary/aromatic N) is 4. The van der Waals surface area contributed by atoms with E-state index < -0.39 is 0 Å². The van der Waals surface area contributed by atoms with Crippen molar-refractivity contribution in [1.29, 1.82) is 0 Å². The van der Waals surface area contributed by atoms with E-state index in [1.165, 1.54) is 17.3 Å². The fourth-order valence-electron chi connectivity index (χ4n) is 2.60. The van der Waals surface area contributed by atoms with Gasteiger partial charge >= 0.3 is 0 Å². The van der Waals surface area contributed by atoms with E-state index in [0.29, 0.717) is 22.8 Å². The Hall–Kier alpha value is -3.13. The van der Waals surface area contributed by atoms with Crippen LogP contribution in [-0.2, 0) is 0 Å². The molecule has 0 saturated heterocycles. The van der Waals surface area contributed by atoms with E-state index in [0.717, 1.165) is 16.9 Å². The molecule has 2 heterocycles. The van der Waals surface area contributed by atoms with E-state index in [9.17, 15) is 0 Å². The molecule has 0 radical (unpaired) electrons. The van der Waals surface area contributed by atoms with Crippen LogP contribution in [0.25, 0.3) is 22.8 Å². The number of methoxy groups -OCH3 is 1. The number of hydrogen-bond acceptors (Lipinski definition) is 7. The van der Waals surface area contributed by atoms with Gasteiger partial charge in [-0.1, -0.05) is 29.5 Å². The number of aromatic nitrogens is 5. The molecule has 28 heavy (non-hydrogen) atoms. The van der Waals surface area contributed by atoms with Gasteiger partial charge in [0.15, 0.2) is 5.82 Å². The van der Waals surface area contributed by atoms with Crippen molar-refractivity contribution in [2.45, 2.75) is 24.3 Å². The van der Waals surface area contributed by atoms with Crippen LogP contribution in [-0.4, -0.2) is 32.5 Å². The van der Waals surface area contributed by atoms with Crippen LogP contribution < -0.4 is 4.74 Å². The van der Waals surface area contributed by atoms with Crippen molar-refractivity contribution in [2.75, 3.05) is 7.11 Å². The van der Waals surface area contributed by atoms with Gasteiger partial charge in [0, 0.05) is 11.1 Å². The highest BCUT2D eigenvalue weighted by atomic mass is 32.2. The topological polar surface area (TPSA) is 89.7 Å². The molecule has 0 saturated carbocycles. The number of nitrogens with one attached hydrogen (secondary N) is 1. The van der Waals surface area contributed by atoms with Crippen LogP contribution in [0.15, 0.2) is 58.1 Å². The summed E-state index contributed by atoms with van der Waals surface area (Å²) in [6.07, 6.45) is 0. The lowest BCUT2D eigenvalue weighted by Crippen LogP contribution is -1.89. The van der Waals surface area contributed by atoms with E-state index in [-0.39, 0.29) is 5.25 Å². The zero-order valence-electron chi connectivity index (χ0n) is 15.7. The summed E-state index contributed by atoms with van der Waals surface area (Å²) in [5.74, 6) is 2.54. The van der Waals surface area contributed by atoms with Crippen molar-refractivity contribution < 1.29 is 9.15 Å². The summed E-state index contributed by atoms with van der Waals surface area (Å²) in [6, 6.07) is 15.6. The Bertz CT molecular complexity index is 1060. The molecule has 0 spiro atoms. The first-order valence-electron chi connectivity index (χ1n) is 8.76. The smallest absolute Gasteiger partial charge is 0.247 e. The second kappa shape index (κ2) is 7.85. The van der Waals surface area contributed by atoms with E-state index >= 15 is 0 Å². The minimum absolute atomic E-state index is 0.0776. The molecule has 1 atom stereocenters. The average Bonchev–Trinajstić information content (AvgIpc) is 3.39. The highest BCUT2D eigenvalue weighted by Gasteiger charge is 2.18. The molecule has 4 aromatic rings. The van der Waals surface area contributed by atoms with Gasteiger partial charge in [-0.25, -0.2) is 4.98 Å².